The summed E-state index contributed by atoms with van der Waals surface area (Å²) in [6.07, 6.45) is 0. The van der Waals surface area contributed by atoms with E-state index < -0.39 is 11.9 Å². The van der Waals surface area contributed by atoms with E-state index in [1.165, 1.54) is 7.11 Å². The lowest BCUT2D eigenvalue weighted by atomic mass is 10.0. The molecule has 0 aliphatic rings. The highest BCUT2D eigenvalue weighted by Gasteiger charge is 2.26. The fourth-order valence-corrected chi connectivity index (χ4v) is 4.65. The zero-order valence-corrected chi connectivity index (χ0v) is 20.3. The average molecular weight is 480 g/mol. The van der Waals surface area contributed by atoms with E-state index in [4.69, 9.17) is 14.2 Å². The molecule has 0 bridgehead atoms. The van der Waals surface area contributed by atoms with Gasteiger partial charge in [0.15, 0.2) is 0 Å². The summed E-state index contributed by atoms with van der Waals surface area (Å²) >= 11 is 0. The molecule has 0 radical (unpaired) electrons. The molecule has 0 saturated heterocycles. The van der Waals surface area contributed by atoms with Crippen LogP contribution in [0.1, 0.15) is 33.3 Å². The van der Waals surface area contributed by atoms with Gasteiger partial charge in [0.1, 0.15) is 17.1 Å². The Labute approximate surface area is 208 Å². The number of ether oxygens (including phenoxy) is 3. The molecule has 0 atom stereocenters. The Kier molecular flexibility index (Phi) is 6.17. The summed E-state index contributed by atoms with van der Waals surface area (Å²) in [6.45, 7) is 3.92. The van der Waals surface area contributed by atoms with Crippen molar-refractivity contribution < 1.29 is 23.8 Å². The quantitative estimate of drug-likeness (QED) is 0.206. The summed E-state index contributed by atoms with van der Waals surface area (Å²) in [5.41, 5.74) is 3.26. The minimum Gasteiger partial charge on any atom is -0.496 e. The number of nitrogens with zero attached hydrogens (tertiary/aromatic N) is 1. The number of aromatic nitrogens is 1. The second kappa shape index (κ2) is 9.58. The summed E-state index contributed by atoms with van der Waals surface area (Å²) in [6, 6.07) is 26.2. The Morgan fingerprint density at radius 3 is 2.17 bits per heavy atom. The Balaban J connectivity index is 1.79. The van der Waals surface area contributed by atoms with E-state index in [9.17, 15) is 9.59 Å². The number of hydrogen-bond acceptors (Lipinski definition) is 5. The fraction of sp³-hybridized carbons (Fsp3) is 0.133. The van der Waals surface area contributed by atoms with Gasteiger partial charge in [-0.1, -0.05) is 54.6 Å². The lowest BCUT2D eigenvalue weighted by Gasteiger charge is -2.13. The lowest BCUT2D eigenvalue weighted by molar-refractivity contribution is 0.0527. The molecule has 0 unspecified atom stereocenters. The molecule has 0 aliphatic heterocycles. The van der Waals surface area contributed by atoms with Crippen LogP contribution in [-0.4, -0.2) is 30.2 Å². The van der Waals surface area contributed by atoms with Gasteiger partial charge in [-0.25, -0.2) is 9.59 Å². The summed E-state index contributed by atoms with van der Waals surface area (Å²) in [7, 11) is 1.51. The molecule has 1 heterocycles. The van der Waals surface area contributed by atoms with Gasteiger partial charge >= 0.3 is 11.9 Å². The molecule has 5 aromatic rings. The van der Waals surface area contributed by atoms with Crippen molar-refractivity contribution in [1.29, 1.82) is 0 Å². The Bertz CT molecular complexity index is 1600. The minimum absolute atomic E-state index is 0.250. The Morgan fingerprint density at radius 1 is 0.778 bits per heavy atom. The van der Waals surface area contributed by atoms with Crippen LogP contribution in [0.2, 0.25) is 0 Å². The van der Waals surface area contributed by atoms with Gasteiger partial charge in [-0.05, 0) is 44.2 Å². The van der Waals surface area contributed by atoms with Crippen LogP contribution in [0.4, 0.5) is 0 Å². The molecule has 6 heteroatoms. The van der Waals surface area contributed by atoms with Gasteiger partial charge in [0.05, 0.1) is 24.8 Å². The van der Waals surface area contributed by atoms with Gasteiger partial charge in [-0.2, -0.15) is 0 Å². The first-order chi connectivity index (χ1) is 17.5. The standard InChI is InChI=1S/C30H25NO5/c1-4-35-30(33)27-19(2)31(20-12-6-5-7-13-20)28-22-15-9-8-14-21(22)26(18-24(27)28)36-29(32)23-16-10-11-17-25(23)34-3/h5-18H,4H2,1-3H3. The van der Waals surface area contributed by atoms with Crippen LogP contribution in [0.15, 0.2) is 84.9 Å². The highest BCUT2D eigenvalue weighted by molar-refractivity contribution is 6.17. The highest BCUT2D eigenvalue weighted by Crippen LogP contribution is 2.40. The Morgan fingerprint density at radius 2 is 1.44 bits per heavy atom. The number of esters is 2. The van der Waals surface area contributed by atoms with Gasteiger partial charge in [-0.3, -0.25) is 0 Å². The SMILES string of the molecule is CCOC(=O)c1c(C)n(-c2ccccc2)c2c1cc(OC(=O)c1ccccc1OC)c1ccccc12. The third-order valence-electron chi connectivity index (χ3n) is 6.19. The van der Waals surface area contributed by atoms with Gasteiger partial charge in [0.25, 0.3) is 0 Å². The molecule has 0 spiro atoms. The molecule has 1 aromatic heterocycles. The van der Waals surface area contributed by atoms with E-state index in [0.717, 1.165) is 27.7 Å². The predicted molar refractivity (Wildman–Crippen MR) is 139 cm³/mol. The molecule has 6 nitrogen and oxygen atoms in total. The molecule has 0 saturated carbocycles. The summed E-state index contributed by atoms with van der Waals surface area (Å²) in [5, 5.41) is 2.25. The number of fused-ring (bicyclic) bond motifs is 3. The predicted octanol–water partition coefficient (Wildman–Crippen LogP) is 6.50. The molecule has 0 fully saturated rings. The largest absolute Gasteiger partial charge is 0.496 e. The number of para-hydroxylation sites is 2. The van der Waals surface area contributed by atoms with Crippen LogP contribution in [-0.2, 0) is 4.74 Å². The van der Waals surface area contributed by atoms with Crippen LogP contribution in [0, 0.1) is 6.92 Å². The van der Waals surface area contributed by atoms with Crippen LogP contribution in [0.5, 0.6) is 11.5 Å². The molecule has 36 heavy (non-hydrogen) atoms. The molecule has 0 aliphatic carbocycles. The molecule has 0 N–H and O–H groups in total. The van der Waals surface area contributed by atoms with Crippen LogP contribution in [0.25, 0.3) is 27.4 Å². The van der Waals surface area contributed by atoms with Gasteiger partial charge in [-0.15, -0.1) is 0 Å². The lowest BCUT2D eigenvalue weighted by Crippen LogP contribution is -2.10. The molecule has 5 rings (SSSR count). The first kappa shape index (κ1) is 23.2. The van der Waals surface area contributed by atoms with Crippen molar-refractivity contribution in [2.75, 3.05) is 13.7 Å². The van der Waals surface area contributed by atoms with Crippen LogP contribution in [0.3, 0.4) is 0 Å². The summed E-state index contributed by atoms with van der Waals surface area (Å²) in [5.74, 6) is -0.197. The van der Waals surface area contributed by atoms with E-state index in [0.29, 0.717) is 28.0 Å². The van der Waals surface area contributed by atoms with Crippen molar-refractivity contribution in [1.82, 2.24) is 4.57 Å². The van der Waals surface area contributed by atoms with E-state index in [-0.39, 0.29) is 6.61 Å². The normalized spacial score (nSPS) is 11.0. The monoisotopic (exact) mass is 479 g/mol. The van der Waals surface area contributed by atoms with Gasteiger partial charge < -0.3 is 18.8 Å². The van der Waals surface area contributed by atoms with E-state index in [1.54, 1.807) is 37.3 Å². The third kappa shape index (κ3) is 3.86. The maximum atomic E-state index is 13.2. The van der Waals surface area contributed by atoms with Crippen molar-refractivity contribution in [2.24, 2.45) is 0 Å². The third-order valence-corrected chi connectivity index (χ3v) is 6.19. The number of carbonyl (C=O) groups excluding carboxylic acids is 2. The molecule has 4 aromatic carbocycles. The smallest absolute Gasteiger partial charge is 0.347 e. The van der Waals surface area contributed by atoms with Crippen molar-refractivity contribution in [3.8, 4) is 17.2 Å². The second-order valence-electron chi connectivity index (χ2n) is 8.26. The molecule has 180 valence electrons. The maximum absolute atomic E-state index is 13.2. The topological polar surface area (TPSA) is 66.8 Å². The first-order valence-corrected chi connectivity index (χ1v) is 11.7. The van der Waals surface area contributed by atoms with E-state index in [2.05, 4.69) is 4.57 Å². The molecular formula is C30H25NO5. The Hall–Kier alpha value is -4.58. The zero-order valence-electron chi connectivity index (χ0n) is 20.3. The number of methoxy groups -OCH3 is 1. The number of hydrogen-bond donors (Lipinski definition) is 0. The fourth-order valence-electron chi connectivity index (χ4n) is 4.65. The van der Waals surface area contributed by atoms with Gasteiger partial charge in [0.2, 0.25) is 0 Å². The maximum Gasteiger partial charge on any atom is 0.347 e. The summed E-state index contributed by atoms with van der Waals surface area (Å²) in [4.78, 5) is 26.3. The van der Waals surface area contributed by atoms with Gasteiger partial charge in [0, 0.05) is 27.5 Å². The van der Waals surface area contributed by atoms with Crippen LogP contribution < -0.4 is 9.47 Å². The van der Waals surface area contributed by atoms with Crippen molar-refractivity contribution in [2.45, 2.75) is 13.8 Å². The summed E-state index contributed by atoms with van der Waals surface area (Å²) < 4.78 is 18.7. The van der Waals surface area contributed by atoms with E-state index >= 15 is 0 Å². The molecular weight excluding hydrogens is 454 g/mol. The number of carbonyl (C=O) groups is 2. The molecule has 0 amide bonds. The first-order valence-electron chi connectivity index (χ1n) is 11.7. The van der Waals surface area contributed by atoms with E-state index in [1.807, 2.05) is 61.5 Å². The second-order valence-corrected chi connectivity index (χ2v) is 8.26. The number of rotatable bonds is 6. The average Bonchev–Trinajstić information content (AvgIpc) is 3.21. The number of benzene rings is 4. The highest BCUT2D eigenvalue weighted by atomic mass is 16.5. The van der Waals surface area contributed by atoms with Crippen LogP contribution >= 0.6 is 0 Å². The minimum atomic E-state index is -0.547. The van der Waals surface area contributed by atoms with Crippen molar-refractivity contribution >= 4 is 33.6 Å². The van der Waals surface area contributed by atoms with Crippen molar-refractivity contribution in [3.05, 3.63) is 102 Å². The van der Waals surface area contributed by atoms with Crippen molar-refractivity contribution in [3.63, 3.8) is 0 Å². The zero-order chi connectivity index (χ0) is 25.2.